The van der Waals surface area contributed by atoms with E-state index in [9.17, 15) is 13.2 Å². The van der Waals surface area contributed by atoms with Crippen molar-refractivity contribution >= 4 is 11.6 Å². The monoisotopic (exact) mass is 284 g/mol. The molecule has 0 aromatic heterocycles. The number of aliphatic hydroxyl groups is 1. The van der Waals surface area contributed by atoms with Crippen LogP contribution in [0.4, 0.5) is 13.2 Å². The van der Waals surface area contributed by atoms with Crippen molar-refractivity contribution in [2.45, 2.75) is 12.8 Å². The Bertz CT molecular complexity index is 382. The van der Waals surface area contributed by atoms with E-state index in [4.69, 9.17) is 21.4 Å². The third-order valence-corrected chi connectivity index (χ3v) is 2.26. The summed E-state index contributed by atoms with van der Waals surface area (Å²) in [5.74, 6) is 0.261. The predicted octanol–water partition coefficient (Wildman–Crippen LogP) is 2.79. The largest absolute Gasteiger partial charge is 0.489 e. The van der Waals surface area contributed by atoms with Gasteiger partial charge in [-0.1, -0.05) is 23.7 Å². The molecule has 0 radical (unpaired) electrons. The van der Waals surface area contributed by atoms with E-state index in [1.807, 2.05) is 0 Å². The molecule has 0 aliphatic rings. The number of benzene rings is 1. The van der Waals surface area contributed by atoms with Gasteiger partial charge in [0, 0.05) is 5.56 Å². The van der Waals surface area contributed by atoms with Crippen LogP contribution < -0.4 is 4.74 Å². The number of hydrogen-bond donors (Lipinski definition) is 1. The summed E-state index contributed by atoms with van der Waals surface area (Å²) >= 11 is 5.84. The van der Waals surface area contributed by atoms with Gasteiger partial charge in [-0.15, -0.1) is 0 Å². The molecule has 0 atom stereocenters. The van der Waals surface area contributed by atoms with Crippen molar-refractivity contribution in [3.63, 3.8) is 0 Å². The van der Waals surface area contributed by atoms with E-state index >= 15 is 0 Å². The van der Waals surface area contributed by atoms with E-state index in [0.717, 1.165) is 0 Å². The average molecular weight is 285 g/mol. The standard InChI is InChI=1S/C11H12ClF3O3/c12-9-3-1-2-8(6-16)10(9)18-5-4-17-7-11(13,14)15/h1-3,16H,4-7H2. The van der Waals surface area contributed by atoms with Crippen LogP contribution in [0.5, 0.6) is 5.75 Å². The highest BCUT2D eigenvalue weighted by Crippen LogP contribution is 2.28. The topological polar surface area (TPSA) is 38.7 Å². The molecule has 0 fully saturated rings. The molecule has 0 aliphatic carbocycles. The Kier molecular flexibility index (Phi) is 5.71. The molecular weight excluding hydrogens is 273 g/mol. The second kappa shape index (κ2) is 6.82. The van der Waals surface area contributed by atoms with Gasteiger partial charge < -0.3 is 14.6 Å². The van der Waals surface area contributed by atoms with Gasteiger partial charge in [-0.3, -0.25) is 0 Å². The summed E-state index contributed by atoms with van der Waals surface area (Å²) < 4.78 is 44.9. The molecule has 1 aromatic rings. The van der Waals surface area contributed by atoms with Crippen molar-refractivity contribution < 1.29 is 27.8 Å². The number of ether oxygens (including phenoxy) is 2. The summed E-state index contributed by atoms with van der Waals surface area (Å²) in [6.07, 6.45) is -4.35. The number of aliphatic hydroxyl groups excluding tert-OH is 1. The van der Waals surface area contributed by atoms with Gasteiger partial charge in [-0.2, -0.15) is 13.2 Å². The van der Waals surface area contributed by atoms with Gasteiger partial charge in [-0.25, -0.2) is 0 Å². The van der Waals surface area contributed by atoms with Gasteiger partial charge in [0.25, 0.3) is 0 Å². The number of halogens is 4. The highest BCUT2D eigenvalue weighted by Gasteiger charge is 2.27. The van der Waals surface area contributed by atoms with Crippen LogP contribution in [-0.4, -0.2) is 31.1 Å². The van der Waals surface area contributed by atoms with E-state index < -0.39 is 12.8 Å². The van der Waals surface area contributed by atoms with Gasteiger partial charge in [-0.05, 0) is 6.07 Å². The fourth-order valence-electron chi connectivity index (χ4n) is 1.23. The van der Waals surface area contributed by atoms with Crippen molar-refractivity contribution in [2.75, 3.05) is 19.8 Å². The highest BCUT2D eigenvalue weighted by molar-refractivity contribution is 6.32. The molecule has 0 saturated carbocycles. The lowest BCUT2D eigenvalue weighted by Crippen LogP contribution is -2.19. The van der Waals surface area contributed by atoms with Crippen molar-refractivity contribution in [3.8, 4) is 5.75 Å². The Morgan fingerprint density at radius 3 is 2.56 bits per heavy atom. The summed E-state index contributed by atoms with van der Waals surface area (Å²) in [5.41, 5.74) is 0.471. The van der Waals surface area contributed by atoms with Crippen molar-refractivity contribution in [3.05, 3.63) is 28.8 Å². The Labute approximate surface area is 107 Å². The zero-order valence-corrected chi connectivity index (χ0v) is 10.1. The van der Waals surface area contributed by atoms with Crippen LogP contribution in [0.15, 0.2) is 18.2 Å². The summed E-state index contributed by atoms with van der Waals surface area (Å²) in [4.78, 5) is 0. The lowest BCUT2D eigenvalue weighted by Gasteiger charge is -2.12. The molecule has 3 nitrogen and oxygen atoms in total. The molecule has 0 unspecified atom stereocenters. The zero-order chi connectivity index (χ0) is 13.6. The van der Waals surface area contributed by atoms with Crippen LogP contribution in [0.2, 0.25) is 5.02 Å². The molecule has 0 heterocycles. The Balaban J connectivity index is 2.40. The summed E-state index contributed by atoms with van der Waals surface area (Å²) in [6.45, 7) is -1.87. The Hall–Kier alpha value is -0.980. The molecule has 102 valence electrons. The number of alkyl halides is 3. The van der Waals surface area contributed by atoms with Crippen molar-refractivity contribution in [1.29, 1.82) is 0 Å². The maximum atomic E-state index is 11.8. The van der Waals surface area contributed by atoms with E-state index in [2.05, 4.69) is 4.74 Å². The molecule has 1 N–H and O–H groups in total. The third-order valence-electron chi connectivity index (χ3n) is 1.96. The van der Waals surface area contributed by atoms with Crippen LogP contribution in [0.1, 0.15) is 5.56 Å². The molecule has 0 aliphatic heterocycles. The first-order chi connectivity index (χ1) is 8.44. The summed E-state index contributed by atoms with van der Waals surface area (Å²) in [6, 6.07) is 4.81. The Morgan fingerprint density at radius 1 is 1.22 bits per heavy atom. The predicted molar refractivity (Wildman–Crippen MR) is 59.7 cm³/mol. The first kappa shape index (κ1) is 15.1. The normalized spacial score (nSPS) is 11.6. The lowest BCUT2D eigenvalue weighted by molar-refractivity contribution is -0.175. The maximum Gasteiger partial charge on any atom is 0.411 e. The van der Waals surface area contributed by atoms with Crippen LogP contribution in [0.3, 0.4) is 0 Å². The van der Waals surface area contributed by atoms with Crippen molar-refractivity contribution in [2.24, 2.45) is 0 Å². The minimum absolute atomic E-state index is 0.0766. The average Bonchev–Trinajstić information content (AvgIpc) is 2.29. The number of para-hydroxylation sites is 1. The second-order valence-corrected chi connectivity index (χ2v) is 3.81. The van der Waals surface area contributed by atoms with Crippen LogP contribution in [0, 0.1) is 0 Å². The molecule has 7 heteroatoms. The first-order valence-corrected chi connectivity index (χ1v) is 5.47. The third kappa shape index (κ3) is 5.12. The van der Waals surface area contributed by atoms with Gasteiger partial charge >= 0.3 is 6.18 Å². The van der Waals surface area contributed by atoms with E-state index in [1.165, 1.54) is 0 Å². The smallest absolute Gasteiger partial charge is 0.411 e. The minimum atomic E-state index is -4.35. The molecular formula is C11H12ClF3O3. The molecule has 0 amide bonds. The minimum Gasteiger partial charge on any atom is -0.489 e. The first-order valence-electron chi connectivity index (χ1n) is 5.09. The summed E-state index contributed by atoms with van der Waals surface area (Å²) in [5, 5.41) is 9.32. The molecule has 1 rings (SSSR count). The van der Waals surface area contributed by atoms with Gasteiger partial charge in [0.15, 0.2) is 0 Å². The van der Waals surface area contributed by atoms with E-state index in [-0.39, 0.29) is 30.6 Å². The molecule has 0 spiro atoms. The van der Waals surface area contributed by atoms with Crippen LogP contribution in [0.25, 0.3) is 0 Å². The van der Waals surface area contributed by atoms with Crippen LogP contribution in [-0.2, 0) is 11.3 Å². The molecule has 0 bridgehead atoms. The second-order valence-electron chi connectivity index (χ2n) is 3.40. The Morgan fingerprint density at radius 2 is 1.94 bits per heavy atom. The molecule has 18 heavy (non-hydrogen) atoms. The number of hydrogen-bond acceptors (Lipinski definition) is 3. The van der Waals surface area contributed by atoms with E-state index in [1.54, 1.807) is 18.2 Å². The lowest BCUT2D eigenvalue weighted by atomic mass is 10.2. The number of rotatable bonds is 6. The fraction of sp³-hybridized carbons (Fsp3) is 0.455. The highest BCUT2D eigenvalue weighted by atomic mass is 35.5. The van der Waals surface area contributed by atoms with Crippen LogP contribution >= 0.6 is 11.6 Å². The zero-order valence-electron chi connectivity index (χ0n) is 9.34. The maximum absolute atomic E-state index is 11.8. The fourth-order valence-corrected chi connectivity index (χ4v) is 1.48. The van der Waals surface area contributed by atoms with Crippen molar-refractivity contribution in [1.82, 2.24) is 0 Å². The van der Waals surface area contributed by atoms with Gasteiger partial charge in [0.05, 0.1) is 18.2 Å². The molecule has 0 saturated heterocycles. The van der Waals surface area contributed by atoms with Gasteiger partial charge in [0.2, 0.25) is 0 Å². The molecule has 1 aromatic carbocycles. The summed E-state index contributed by atoms with van der Waals surface area (Å²) in [7, 11) is 0. The quantitative estimate of drug-likeness (QED) is 0.817. The van der Waals surface area contributed by atoms with Gasteiger partial charge in [0.1, 0.15) is 19.0 Å². The SMILES string of the molecule is OCc1cccc(Cl)c1OCCOCC(F)(F)F. The van der Waals surface area contributed by atoms with E-state index in [0.29, 0.717) is 5.56 Å².